The van der Waals surface area contributed by atoms with Crippen LogP contribution in [0.5, 0.6) is 0 Å². The van der Waals surface area contributed by atoms with Gasteiger partial charge in [0.2, 0.25) is 5.91 Å². The van der Waals surface area contributed by atoms with Gasteiger partial charge in [-0.15, -0.1) is 0 Å². The lowest BCUT2D eigenvalue weighted by atomic mass is 9.75. The van der Waals surface area contributed by atoms with Gasteiger partial charge in [0.05, 0.1) is 17.6 Å². The highest BCUT2D eigenvalue weighted by molar-refractivity contribution is 6.06. The van der Waals surface area contributed by atoms with Crippen molar-refractivity contribution >= 4 is 35.2 Å². The minimum Gasteiger partial charge on any atom is -0.478 e. The lowest BCUT2D eigenvalue weighted by molar-refractivity contribution is -0.131. The van der Waals surface area contributed by atoms with Gasteiger partial charge < -0.3 is 20.3 Å². The van der Waals surface area contributed by atoms with Crippen molar-refractivity contribution in [2.75, 3.05) is 5.32 Å². The van der Waals surface area contributed by atoms with Crippen LogP contribution in [0.25, 0.3) is 23.0 Å². The van der Waals surface area contributed by atoms with Crippen LogP contribution in [0.1, 0.15) is 78.9 Å². The molecule has 0 atom stereocenters. The molecule has 2 aromatic carbocycles. The maximum atomic E-state index is 13.8. The molecular formula is C33H35N5O4. The number of aryl methyl sites for hydroxylation is 1. The number of benzene rings is 2. The lowest BCUT2D eigenvalue weighted by Crippen LogP contribution is -2.61. The molecule has 0 unspecified atom stereocenters. The van der Waals surface area contributed by atoms with E-state index in [1.54, 1.807) is 30.5 Å². The highest BCUT2D eigenvalue weighted by Gasteiger charge is 2.46. The van der Waals surface area contributed by atoms with Crippen molar-refractivity contribution in [3.05, 3.63) is 83.7 Å². The lowest BCUT2D eigenvalue weighted by Gasteiger charge is -2.40. The van der Waals surface area contributed by atoms with Crippen molar-refractivity contribution in [2.45, 2.75) is 62.8 Å². The number of rotatable bonds is 8. The Balaban J connectivity index is 1.28. The van der Waals surface area contributed by atoms with E-state index in [0.717, 1.165) is 47.9 Å². The van der Waals surface area contributed by atoms with Crippen molar-refractivity contribution in [3.8, 4) is 11.3 Å². The molecule has 2 heterocycles. The smallest absolute Gasteiger partial charge is 0.328 e. The molecule has 0 spiro atoms. The first kappa shape index (κ1) is 27.5. The summed E-state index contributed by atoms with van der Waals surface area (Å²) in [5.41, 5.74) is 4.78. The second-order valence-electron chi connectivity index (χ2n) is 11.4. The molecule has 216 valence electrons. The third-order valence-electron chi connectivity index (χ3n) is 8.73. The van der Waals surface area contributed by atoms with Gasteiger partial charge in [-0.2, -0.15) is 5.10 Å². The number of aromatic nitrogens is 3. The molecule has 9 heteroatoms. The summed E-state index contributed by atoms with van der Waals surface area (Å²) in [4.78, 5) is 38.1. The zero-order chi connectivity index (χ0) is 29.3. The van der Waals surface area contributed by atoms with E-state index < -0.39 is 11.5 Å². The van der Waals surface area contributed by atoms with E-state index >= 15 is 0 Å². The number of hydrogen-bond donors (Lipinski definition) is 3. The molecule has 2 aromatic heterocycles. The van der Waals surface area contributed by atoms with Gasteiger partial charge in [-0.1, -0.05) is 61.7 Å². The summed E-state index contributed by atoms with van der Waals surface area (Å²) in [5, 5.41) is 19.6. The van der Waals surface area contributed by atoms with Crippen LogP contribution in [0.3, 0.4) is 0 Å². The fourth-order valence-corrected chi connectivity index (χ4v) is 6.38. The Labute approximate surface area is 244 Å². The number of carbonyl (C=O) groups is 3. The van der Waals surface area contributed by atoms with Gasteiger partial charge in [0.1, 0.15) is 16.7 Å². The van der Waals surface area contributed by atoms with E-state index in [4.69, 9.17) is 10.2 Å². The average Bonchev–Trinajstić information content (AvgIpc) is 3.54. The molecule has 0 bridgehead atoms. The number of amides is 2. The third-order valence-corrected chi connectivity index (χ3v) is 8.73. The summed E-state index contributed by atoms with van der Waals surface area (Å²) < 4.78 is 4.02. The molecule has 0 aliphatic heterocycles. The predicted molar refractivity (Wildman–Crippen MR) is 161 cm³/mol. The monoisotopic (exact) mass is 565 g/mol. The number of nitrogens with zero attached hydrogens (tertiary/aromatic N) is 3. The Morgan fingerprint density at radius 1 is 0.976 bits per heavy atom. The molecule has 2 amide bonds. The number of nitrogens with one attached hydrogen (secondary N) is 2. The summed E-state index contributed by atoms with van der Waals surface area (Å²) in [7, 11) is 1.99. The van der Waals surface area contributed by atoms with Crippen LogP contribution >= 0.6 is 0 Å². The van der Waals surface area contributed by atoms with E-state index in [2.05, 4.69) is 27.3 Å². The quantitative estimate of drug-likeness (QED) is 0.234. The molecule has 42 heavy (non-hydrogen) atoms. The number of aliphatic carboxylic acids is 1. The zero-order valence-electron chi connectivity index (χ0n) is 23.7. The number of carboxylic acids is 1. The van der Waals surface area contributed by atoms with Crippen LogP contribution in [0.15, 0.2) is 66.9 Å². The van der Waals surface area contributed by atoms with Crippen molar-refractivity contribution in [1.82, 2.24) is 19.5 Å². The maximum Gasteiger partial charge on any atom is 0.328 e. The van der Waals surface area contributed by atoms with Crippen molar-refractivity contribution < 1.29 is 19.5 Å². The number of carboxylic acid groups (broad SMARTS) is 1. The van der Waals surface area contributed by atoms with Gasteiger partial charge in [-0.25, -0.2) is 9.31 Å². The number of imidazole rings is 1. The van der Waals surface area contributed by atoms with Gasteiger partial charge in [0, 0.05) is 30.3 Å². The molecule has 3 N–H and O–H groups in total. The minimum absolute atomic E-state index is 0.265. The molecule has 9 nitrogen and oxygen atoms in total. The maximum absolute atomic E-state index is 13.8. The molecule has 2 saturated carbocycles. The van der Waals surface area contributed by atoms with Gasteiger partial charge in [0.25, 0.3) is 5.91 Å². The van der Waals surface area contributed by atoms with Crippen LogP contribution in [0, 0.1) is 0 Å². The van der Waals surface area contributed by atoms with Crippen molar-refractivity contribution in [1.29, 1.82) is 0 Å². The molecule has 0 saturated heterocycles. The van der Waals surface area contributed by atoms with Crippen LogP contribution < -0.4 is 10.6 Å². The molecule has 2 aliphatic carbocycles. The van der Waals surface area contributed by atoms with Crippen LogP contribution in [-0.4, -0.2) is 42.6 Å². The molecule has 6 rings (SSSR count). The Hall–Kier alpha value is -4.66. The van der Waals surface area contributed by atoms with E-state index in [9.17, 15) is 14.4 Å². The molecular weight excluding hydrogens is 530 g/mol. The first-order valence-corrected chi connectivity index (χ1v) is 14.6. The van der Waals surface area contributed by atoms with Crippen LogP contribution in [0.4, 0.5) is 5.69 Å². The molecule has 0 radical (unpaired) electrons. The highest BCUT2D eigenvalue weighted by Crippen LogP contribution is 2.40. The van der Waals surface area contributed by atoms with Crippen LogP contribution in [0.2, 0.25) is 0 Å². The number of fused-ring (bicyclic) bond motifs is 1. The minimum atomic E-state index is -1.03. The second-order valence-corrected chi connectivity index (χ2v) is 11.4. The third kappa shape index (κ3) is 5.11. The molecule has 2 aliphatic rings. The number of hydrogen-bond acceptors (Lipinski definition) is 4. The van der Waals surface area contributed by atoms with E-state index in [0.29, 0.717) is 35.6 Å². The summed E-state index contributed by atoms with van der Waals surface area (Å²) in [6.07, 6.45) is 11.9. The average molecular weight is 566 g/mol. The second kappa shape index (κ2) is 11.3. The fourth-order valence-electron chi connectivity index (χ4n) is 6.38. The topological polar surface area (TPSA) is 118 Å². The SMILES string of the molecule is Cn1c(-c2ccccc2)c(C2CCCCC2)n2ncc(C(=O)NC3(C(=O)Nc4ccc(C=CC(=O)O)cc4)CCC3)c12. The first-order chi connectivity index (χ1) is 20.4. The Bertz CT molecular complexity index is 1660. The Kier molecular flexibility index (Phi) is 7.41. The number of anilines is 1. The largest absolute Gasteiger partial charge is 0.478 e. The van der Waals surface area contributed by atoms with Crippen molar-refractivity contribution in [3.63, 3.8) is 0 Å². The Morgan fingerprint density at radius 3 is 2.33 bits per heavy atom. The first-order valence-electron chi connectivity index (χ1n) is 14.6. The normalized spacial score (nSPS) is 16.8. The summed E-state index contributed by atoms with van der Waals surface area (Å²) >= 11 is 0. The van der Waals surface area contributed by atoms with Crippen LogP contribution in [-0.2, 0) is 16.6 Å². The summed E-state index contributed by atoms with van der Waals surface area (Å²) in [5.74, 6) is -1.24. The van der Waals surface area contributed by atoms with E-state index in [1.807, 2.05) is 29.8 Å². The van der Waals surface area contributed by atoms with E-state index in [-0.39, 0.29) is 11.8 Å². The highest BCUT2D eigenvalue weighted by atomic mass is 16.4. The van der Waals surface area contributed by atoms with Crippen molar-refractivity contribution in [2.24, 2.45) is 7.05 Å². The van der Waals surface area contributed by atoms with Gasteiger partial charge in [-0.05, 0) is 55.9 Å². The fraction of sp³-hybridized carbons (Fsp3) is 0.333. The van der Waals surface area contributed by atoms with Gasteiger partial charge >= 0.3 is 5.97 Å². The summed E-state index contributed by atoms with van der Waals surface area (Å²) in [6, 6.07) is 17.2. The Morgan fingerprint density at radius 2 is 1.69 bits per heavy atom. The zero-order valence-corrected chi connectivity index (χ0v) is 23.7. The molecule has 4 aromatic rings. The van der Waals surface area contributed by atoms with E-state index in [1.165, 1.54) is 25.3 Å². The standard InChI is InChI=1S/C33H35N5O4/c1-37-28(23-9-4-2-5-10-23)29(24-11-6-3-7-12-24)38-31(37)26(21-34-38)30(41)36-33(19-8-20-33)32(42)35-25-16-13-22(14-17-25)15-18-27(39)40/h2,4-5,9-10,13-18,21,24H,3,6-8,11-12,19-20H2,1H3,(H,35,42)(H,36,41)(H,39,40). The predicted octanol–water partition coefficient (Wildman–Crippen LogP) is 5.78. The van der Waals surface area contributed by atoms with Gasteiger partial charge in [-0.3, -0.25) is 9.59 Å². The van der Waals surface area contributed by atoms with Gasteiger partial charge in [0.15, 0.2) is 0 Å². The summed E-state index contributed by atoms with van der Waals surface area (Å²) in [6.45, 7) is 0. The molecule has 2 fully saturated rings. The number of carbonyl (C=O) groups excluding carboxylic acids is 2.